The summed E-state index contributed by atoms with van der Waals surface area (Å²) in [5.41, 5.74) is 2.63. The maximum atomic E-state index is 4.19. The number of hydrogen-bond acceptors (Lipinski definition) is 2. The molecule has 0 amide bonds. The summed E-state index contributed by atoms with van der Waals surface area (Å²) in [6, 6.07) is 11.2. The van der Waals surface area contributed by atoms with Crippen molar-refractivity contribution in [2.45, 2.75) is 39.8 Å². The van der Waals surface area contributed by atoms with Crippen LogP contribution < -0.4 is 5.32 Å². The van der Waals surface area contributed by atoms with E-state index in [2.05, 4.69) is 67.9 Å². The van der Waals surface area contributed by atoms with Crippen molar-refractivity contribution in [3.05, 3.63) is 48.0 Å². The Balaban J connectivity index is 2.47. The normalized spacial score (nSPS) is 11.2. The molecular weight excluding hydrogens is 232 g/mol. The zero-order valence-corrected chi connectivity index (χ0v) is 12.7. The van der Waals surface area contributed by atoms with Crippen molar-refractivity contribution in [2.24, 2.45) is 0 Å². The van der Waals surface area contributed by atoms with Crippen LogP contribution in [0.2, 0.25) is 0 Å². The van der Waals surface area contributed by atoms with Gasteiger partial charge in [-0.05, 0) is 37.9 Å². The minimum atomic E-state index is 0.531. The quantitative estimate of drug-likeness (QED) is 0.540. The molecule has 0 spiro atoms. The summed E-state index contributed by atoms with van der Waals surface area (Å²) in [7, 11) is 0. The first-order valence-corrected chi connectivity index (χ1v) is 7.28. The lowest BCUT2D eigenvalue weighted by atomic mass is 10.1. The highest BCUT2D eigenvalue weighted by molar-refractivity contribution is 5.15. The Kier molecular flexibility index (Phi) is 7.46. The lowest BCUT2D eigenvalue weighted by Crippen LogP contribution is -2.34. The SMILES string of the molecule is C=C(CNCCC)CN(Cc1ccccc1)C(C)C. The third-order valence-electron chi connectivity index (χ3n) is 3.19. The molecular formula is C17H28N2. The van der Waals surface area contributed by atoms with Crippen molar-refractivity contribution < 1.29 is 0 Å². The standard InChI is InChI=1S/C17H28N2/c1-5-11-18-12-16(4)13-19(15(2)3)14-17-9-7-6-8-10-17/h6-10,15,18H,4-5,11-14H2,1-3H3. The molecule has 1 aromatic rings. The van der Waals surface area contributed by atoms with Crippen molar-refractivity contribution in [1.29, 1.82) is 0 Å². The minimum absolute atomic E-state index is 0.531. The molecule has 2 nitrogen and oxygen atoms in total. The van der Waals surface area contributed by atoms with Crippen LogP contribution in [-0.2, 0) is 6.54 Å². The molecule has 0 aliphatic rings. The smallest absolute Gasteiger partial charge is 0.0239 e. The Morgan fingerprint density at radius 1 is 1.26 bits per heavy atom. The summed E-state index contributed by atoms with van der Waals surface area (Å²) in [4.78, 5) is 2.46. The third kappa shape index (κ3) is 6.55. The van der Waals surface area contributed by atoms with Crippen LogP contribution in [0, 0.1) is 0 Å². The minimum Gasteiger partial charge on any atom is -0.313 e. The van der Waals surface area contributed by atoms with Gasteiger partial charge in [-0.3, -0.25) is 4.90 Å². The summed E-state index contributed by atoms with van der Waals surface area (Å²) >= 11 is 0. The van der Waals surface area contributed by atoms with Crippen molar-refractivity contribution in [2.75, 3.05) is 19.6 Å². The van der Waals surface area contributed by atoms with E-state index in [1.165, 1.54) is 17.6 Å². The summed E-state index contributed by atoms with van der Waals surface area (Å²) in [6.45, 7) is 14.8. The Hall–Kier alpha value is -1.12. The van der Waals surface area contributed by atoms with Gasteiger partial charge in [0.25, 0.3) is 0 Å². The van der Waals surface area contributed by atoms with E-state index in [0.29, 0.717) is 6.04 Å². The summed E-state index contributed by atoms with van der Waals surface area (Å²) in [6.07, 6.45) is 1.17. The highest BCUT2D eigenvalue weighted by Crippen LogP contribution is 2.09. The van der Waals surface area contributed by atoms with E-state index in [4.69, 9.17) is 0 Å². The highest BCUT2D eigenvalue weighted by Gasteiger charge is 2.11. The molecule has 0 unspecified atom stereocenters. The molecule has 0 saturated heterocycles. The van der Waals surface area contributed by atoms with E-state index >= 15 is 0 Å². The molecule has 0 heterocycles. The van der Waals surface area contributed by atoms with Crippen LogP contribution >= 0.6 is 0 Å². The van der Waals surface area contributed by atoms with Crippen LogP contribution in [0.3, 0.4) is 0 Å². The molecule has 0 aliphatic carbocycles. The van der Waals surface area contributed by atoms with E-state index in [-0.39, 0.29) is 0 Å². The average molecular weight is 260 g/mol. The summed E-state index contributed by atoms with van der Waals surface area (Å²) in [5.74, 6) is 0. The second-order valence-corrected chi connectivity index (χ2v) is 5.41. The van der Waals surface area contributed by atoms with Crippen LogP contribution in [0.4, 0.5) is 0 Å². The first kappa shape index (κ1) is 15.9. The topological polar surface area (TPSA) is 15.3 Å². The molecule has 0 fully saturated rings. The van der Waals surface area contributed by atoms with E-state index in [9.17, 15) is 0 Å². The number of benzene rings is 1. The monoisotopic (exact) mass is 260 g/mol. The fourth-order valence-electron chi connectivity index (χ4n) is 2.02. The largest absolute Gasteiger partial charge is 0.313 e. The average Bonchev–Trinajstić information content (AvgIpc) is 2.39. The molecule has 0 saturated carbocycles. The molecule has 2 heteroatoms. The van der Waals surface area contributed by atoms with Gasteiger partial charge in [0, 0.05) is 25.7 Å². The lowest BCUT2D eigenvalue weighted by molar-refractivity contribution is 0.230. The van der Waals surface area contributed by atoms with Crippen molar-refractivity contribution in [1.82, 2.24) is 10.2 Å². The number of hydrogen-bond donors (Lipinski definition) is 1. The fourth-order valence-corrected chi connectivity index (χ4v) is 2.02. The zero-order chi connectivity index (χ0) is 14.1. The van der Waals surface area contributed by atoms with Crippen molar-refractivity contribution in [3.63, 3.8) is 0 Å². The maximum Gasteiger partial charge on any atom is 0.0239 e. The first-order valence-electron chi connectivity index (χ1n) is 7.28. The fraction of sp³-hybridized carbons (Fsp3) is 0.529. The molecule has 0 bridgehead atoms. The van der Waals surface area contributed by atoms with E-state index in [1.54, 1.807) is 0 Å². The molecule has 0 radical (unpaired) electrons. The Morgan fingerprint density at radius 2 is 1.95 bits per heavy atom. The van der Waals surface area contributed by atoms with Gasteiger partial charge in [-0.2, -0.15) is 0 Å². The molecule has 1 N–H and O–H groups in total. The van der Waals surface area contributed by atoms with Gasteiger partial charge in [-0.25, -0.2) is 0 Å². The van der Waals surface area contributed by atoms with Crippen LogP contribution in [-0.4, -0.2) is 30.6 Å². The number of nitrogens with zero attached hydrogens (tertiary/aromatic N) is 1. The van der Waals surface area contributed by atoms with Gasteiger partial charge < -0.3 is 5.32 Å². The summed E-state index contributed by atoms with van der Waals surface area (Å²) in [5, 5.41) is 3.42. The Morgan fingerprint density at radius 3 is 2.53 bits per heavy atom. The van der Waals surface area contributed by atoms with Crippen LogP contribution in [0.25, 0.3) is 0 Å². The van der Waals surface area contributed by atoms with Crippen LogP contribution in [0.5, 0.6) is 0 Å². The van der Waals surface area contributed by atoms with Gasteiger partial charge in [0.05, 0.1) is 0 Å². The van der Waals surface area contributed by atoms with Gasteiger partial charge >= 0.3 is 0 Å². The molecule has 1 rings (SSSR count). The van der Waals surface area contributed by atoms with Gasteiger partial charge in [-0.15, -0.1) is 0 Å². The molecule has 1 aromatic carbocycles. The molecule has 106 valence electrons. The second kappa shape index (κ2) is 8.89. The Labute approximate surface area is 118 Å². The predicted molar refractivity (Wildman–Crippen MR) is 84.3 cm³/mol. The van der Waals surface area contributed by atoms with E-state index < -0.39 is 0 Å². The highest BCUT2D eigenvalue weighted by atomic mass is 15.1. The Bertz CT molecular complexity index is 357. The van der Waals surface area contributed by atoms with Gasteiger partial charge in [0.2, 0.25) is 0 Å². The van der Waals surface area contributed by atoms with E-state index in [0.717, 1.165) is 26.2 Å². The van der Waals surface area contributed by atoms with Crippen molar-refractivity contribution >= 4 is 0 Å². The van der Waals surface area contributed by atoms with Crippen LogP contribution in [0.1, 0.15) is 32.8 Å². The molecule has 0 aromatic heterocycles. The maximum absolute atomic E-state index is 4.19. The molecule has 0 atom stereocenters. The van der Waals surface area contributed by atoms with Crippen LogP contribution in [0.15, 0.2) is 42.5 Å². The molecule has 19 heavy (non-hydrogen) atoms. The third-order valence-corrected chi connectivity index (χ3v) is 3.19. The zero-order valence-electron chi connectivity index (χ0n) is 12.7. The number of rotatable bonds is 9. The predicted octanol–water partition coefficient (Wildman–Crippen LogP) is 3.45. The summed E-state index contributed by atoms with van der Waals surface area (Å²) < 4.78 is 0. The van der Waals surface area contributed by atoms with E-state index in [1.807, 2.05) is 0 Å². The van der Waals surface area contributed by atoms with Gasteiger partial charge in [-0.1, -0.05) is 43.8 Å². The van der Waals surface area contributed by atoms with Gasteiger partial charge in [0.1, 0.15) is 0 Å². The second-order valence-electron chi connectivity index (χ2n) is 5.41. The molecule has 0 aliphatic heterocycles. The van der Waals surface area contributed by atoms with Crippen molar-refractivity contribution in [3.8, 4) is 0 Å². The first-order chi connectivity index (χ1) is 9.13. The number of nitrogens with one attached hydrogen (secondary N) is 1. The lowest BCUT2D eigenvalue weighted by Gasteiger charge is -2.27. The van der Waals surface area contributed by atoms with Gasteiger partial charge in [0.15, 0.2) is 0 Å².